The number of hydrogen-bond donors (Lipinski definition) is 2. The van der Waals surface area contributed by atoms with Gasteiger partial charge in [-0.2, -0.15) is 0 Å². The molecule has 15 heteroatoms. The second-order valence-electron chi connectivity index (χ2n) is 14.4. The molecule has 1 aliphatic heterocycles. The number of carbonyl (C=O) groups excluding carboxylic acids is 4. The first kappa shape index (κ1) is 40.1. The van der Waals surface area contributed by atoms with Gasteiger partial charge >= 0.3 is 11.9 Å². The first-order valence-corrected chi connectivity index (χ1v) is 18.8. The van der Waals surface area contributed by atoms with Gasteiger partial charge in [-0.3, -0.25) is 33.3 Å². The summed E-state index contributed by atoms with van der Waals surface area (Å²) >= 11 is 0. The molecule has 0 bridgehead atoms. The lowest BCUT2D eigenvalue weighted by Gasteiger charge is -2.07. The molecule has 0 unspecified atom stereocenters. The minimum atomic E-state index is -0.769. The largest absolute Gasteiger partial charge is 0.457 e. The highest BCUT2D eigenvalue weighted by Crippen LogP contribution is 2.30. The van der Waals surface area contributed by atoms with Crippen molar-refractivity contribution < 1.29 is 33.4 Å². The van der Waals surface area contributed by atoms with E-state index >= 15 is 0 Å². The molecule has 0 radical (unpaired) electrons. The number of aryl methyl sites for hydroxylation is 1. The molecule has 3 heterocycles. The maximum atomic E-state index is 12.9. The fourth-order valence-electron chi connectivity index (χ4n) is 6.87. The van der Waals surface area contributed by atoms with E-state index in [4.69, 9.17) is 20.9 Å². The molecule has 62 heavy (non-hydrogen) atoms. The van der Waals surface area contributed by atoms with Crippen LogP contribution < -0.4 is 43.2 Å². The van der Waals surface area contributed by atoms with Crippen LogP contribution in [0.15, 0.2) is 141 Å². The SMILES string of the molecule is Cc1ccc(Oc2ccc(-n3c(=O)c4cc5c(=O)n(C)c(=O)c5cc4c3=O)cc2)cc1.Nc1ccc(Oc2ccc(N)cc2)cc1.O=C1CC(=O)c2cc3c(cc21)C(=O)OC3=O. The van der Waals surface area contributed by atoms with E-state index in [1.54, 1.807) is 48.5 Å². The fourth-order valence-corrected chi connectivity index (χ4v) is 6.87. The third kappa shape index (κ3) is 7.52. The molecule has 0 atom stereocenters. The highest BCUT2D eigenvalue weighted by Gasteiger charge is 2.36. The Hall–Kier alpha value is -8.72. The van der Waals surface area contributed by atoms with E-state index in [0.717, 1.165) is 37.6 Å². The second-order valence-corrected chi connectivity index (χ2v) is 14.4. The predicted octanol–water partition coefficient (Wildman–Crippen LogP) is 5.95. The van der Waals surface area contributed by atoms with Crippen molar-refractivity contribution >= 4 is 56.4 Å². The number of carbonyl (C=O) groups is 4. The molecule has 306 valence electrons. The summed E-state index contributed by atoms with van der Waals surface area (Å²) in [5.74, 6) is 0.563. The minimum Gasteiger partial charge on any atom is -0.457 e. The van der Waals surface area contributed by atoms with Gasteiger partial charge in [0.05, 0.1) is 44.8 Å². The van der Waals surface area contributed by atoms with Crippen LogP contribution in [-0.2, 0) is 11.8 Å². The van der Waals surface area contributed by atoms with Crippen LogP contribution in [0.5, 0.6) is 23.0 Å². The number of rotatable bonds is 5. The standard InChI is InChI=1S/C24H16N2O5.C12H12N2O.C11H4O5/c1-13-3-7-15(8-4-13)31-16-9-5-14(6-10-16)26-23(29)19-11-17-18(12-20(19)24(26)30)22(28)25(2)21(17)27;13-9-1-5-11(6-2-9)15-12-7-3-10(14)4-8-12;12-8-3-9(13)5-2-7-6(1-4(5)8)10(14)16-11(7)15/h3-12H,1-2H3;1-8H,13-14H2;1-2H,3H2. The Labute approximate surface area is 349 Å². The summed E-state index contributed by atoms with van der Waals surface area (Å²) in [6.45, 7) is 1.99. The third-order valence-corrected chi connectivity index (χ3v) is 10.1. The molecule has 1 aliphatic carbocycles. The molecule has 0 saturated carbocycles. The number of fused-ring (bicyclic) bond motifs is 4. The van der Waals surface area contributed by atoms with Crippen molar-refractivity contribution in [3.05, 3.63) is 191 Å². The van der Waals surface area contributed by atoms with E-state index < -0.39 is 34.2 Å². The number of anilines is 2. The predicted molar refractivity (Wildman–Crippen MR) is 230 cm³/mol. The molecular weight excluding hydrogens is 797 g/mol. The van der Waals surface area contributed by atoms with Gasteiger partial charge in [-0.25, -0.2) is 14.2 Å². The molecule has 2 aliphatic rings. The summed E-state index contributed by atoms with van der Waals surface area (Å²) in [6.07, 6.45) is -0.193. The molecule has 4 N–H and O–H groups in total. The Balaban J connectivity index is 0.000000143. The van der Waals surface area contributed by atoms with Crippen molar-refractivity contribution in [1.29, 1.82) is 0 Å². The first-order valence-electron chi connectivity index (χ1n) is 18.8. The number of aromatic nitrogens is 2. The van der Waals surface area contributed by atoms with Gasteiger partial charge in [0.2, 0.25) is 0 Å². The van der Waals surface area contributed by atoms with Crippen LogP contribution in [0.1, 0.15) is 53.4 Å². The Bertz CT molecular complexity index is 3140. The smallest absolute Gasteiger partial charge is 0.346 e. The van der Waals surface area contributed by atoms with Crippen molar-refractivity contribution in [2.45, 2.75) is 13.3 Å². The molecule has 0 amide bonds. The van der Waals surface area contributed by atoms with E-state index in [1.165, 1.54) is 31.3 Å². The highest BCUT2D eigenvalue weighted by atomic mass is 16.6. The zero-order valence-electron chi connectivity index (χ0n) is 32.8. The van der Waals surface area contributed by atoms with Crippen molar-refractivity contribution in [2.24, 2.45) is 7.05 Å². The molecule has 8 aromatic rings. The van der Waals surface area contributed by atoms with Crippen molar-refractivity contribution in [3.63, 3.8) is 0 Å². The molecule has 0 fully saturated rings. The average molecular weight is 829 g/mol. The zero-order valence-corrected chi connectivity index (χ0v) is 32.8. The number of nitrogens with zero attached hydrogens (tertiary/aromatic N) is 2. The van der Waals surface area contributed by atoms with Crippen molar-refractivity contribution in [2.75, 3.05) is 11.5 Å². The van der Waals surface area contributed by atoms with Gasteiger partial charge in [-0.1, -0.05) is 17.7 Å². The first-order chi connectivity index (χ1) is 29.7. The number of cyclic esters (lactones) is 2. The third-order valence-electron chi connectivity index (χ3n) is 10.1. The van der Waals surface area contributed by atoms with Gasteiger partial charge < -0.3 is 25.7 Å². The molecule has 0 spiro atoms. The van der Waals surface area contributed by atoms with Gasteiger partial charge in [-0.05, 0) is 116 Å². The highest BCUT2D eigenvalue weighted by molar-refractivity contribution is 6.27. The van der Waals surface area contributed by atoms with E-state index in [9.17, 15) is 38.4 Å². The Morgan fingerprint density at radius 2 is 0.823 bits per heavy atom. The quantitative estimate of drug-likeness (QED) is 0.116. The van der Waals surface area contributed by atoms with E-state index in [0.29, 0.717) is 17.2 Å². The van der Waals surface area contributed by atoms with Crippen LogP contribution in [0.3, 0.4) is 0 Å². The number of hydrogen-bond acceptors (Lipinski definition) is 13. The second kappa shape index (κ2) is 15.8. The fraction of sp³-hybridized carbons (Fsp3) is 0.0638. The Kier molecular flexibility index (Phi) is 10.2. The summed E-state index contributed by atoms with van der Waals surface area (Å²) in [5, 5.41) is 0.493. The van der Waals surface area contributed by atoms with Crippen LogP contribution in [0.4, 0.5) is 11.4 Å². The molecule has 6 aromatic carbocycles. The summed E-state index contributed by atoms with van der Waals surface area (Å²) < 4.78 is 17.8. The summed E-state index contributed by atoms with van der Waals surface area (Å²) in [4.78, 5) is 95.6. The van der Waals surface area contributed by atoms with Crippen molar-refractivity contribution in [1.82, 2.24) is 9.13 Å². The van der Waals surface area contributed by atoms with Crippen LogP contribution in [0, 0.1) is 6.92 Å². The van der Waals surface area contributed by atoms with Gasteiger partial charge in [0.25, 0.3) is 22.2 Å². The molecular formula is C47H32N4O11. The Morgan fingerprint density at radius 3 is 1.23 bits per heavy atom. The Morgan fingerprint density at radius 1 is 0.468 bits per heavy atom. The van der Waals surface area contributed by atoms with Crippen molar-refractivity contribution in [3.8, 4) is 28.7 Å². The normalized spacial score (nSPS) is 12.6. The van der Waals surface area contributed by atoms with E-state index in [2.05, 4.69) is 4.74 Å². The van der Waals surface area contributed by atoms with Crippen LogP contribution in [0.25, 0.3) is 27.2 Å². The molecule has 2 aromatic heterocycles. The lowest BCUT2D eigenvalue weighted by atomic mass is 10.0. The molecule has 15 nitrogen and oxygen atoms in total. The number of nitrogens with two attached hydrogens (primary N) is 2. The summed E-state index contributed by atoms with van der Waals surface area (Å²) in [7, 11) is 1.37. The van der Waals surface area contributed by atoms with Gasteiger partial charge in [0, 0.05) is 29.5 Å². The lowest BCUT2D eigenvalue weighted by molar-refractivity contribution is 0.0443. The number of benzene rings is 6. The number of ketones is 2. The minimum absolute atomic E-state index is 0.0619. The topological polar surface area (TPSA) is 226 Å². The molecule has 10 rings (SSSR count). The molecule has 0 saturated heterocycles. The number of esters is 2. The van der Waals surface area contributed by atoms with Crippen LogP contribution in [-0.4, -0.2) is 32.6 Å². The van der Waals surface area contributed by atoms with Gasteiger partial charge in [0.15, 0.2) is 11.6 Å². The maximum absolute atomic E-state index is 12.9. The van der Waals surface area contributed by atoms with Crippen LogP contribution >= 0.6 is 0 Å². The van der Waals surface area contributed by atoms with Gasteiger partial charge in [0.1, 0.15) is 23.0 Å². The van der Waals surface area contributed by atoms with E-state index in [1.807, 2.05) is 55.5 Å². The lowest BCUT2D eigenvalue weighted by Crippen LogP contribution is -2.23. The zero-order chi connectivity index (χ0) is 44.0. The van der Waals surface area contributed by atoms with Crippen LogP contribution in [0.2, 0.25) is 0 Å². The van der Waals surface area contributed by atoms with E-state index in [-0.39, 0.29) is 61.8 Å². The maximum Gasteiger partial charge on any atom is 0.346 e. The number of nitrogen functional groups attached to an aromatic ring is 2. The average Bonchev–Trinajstić information content (AvgIpc) is 3.88. The number of ether oxygens (including phenoxy) is 3. The summed E-state index contributed by atoms with van der Waals surface area (Å²) in [5.41, 5.74) is 12.6. The number of Topliss-reactive ketones (excluding diaryl/α,β-unsaturated/α-hetero) is 2. The summed E-state index contributed by atoms with van der Waals surface area (Å²) in [6, 6.07) is 33.9. The monoisotopic (exact) mass is 828 g/mol. The van der Waals surface area contributed by atoms with Gasteiger partial charge in [-0.15, -0.1) is 0 Å².